The molecule has 0 fully saturated rings. The summed E-state index contributed by atoms with van der Waals surface area (Å²) in [6.45, 7) is 4.14. The summed E-state index contributed by atoms with van der Waals surface area (Å²) in [6, 6.07) is 0. The Balaban J connectivity index is 0. The smallest absolute Gasteiger partial charge is 0.208 e. The minimum Gasteiger partial charge on any atom is -0.208 e. The van der Waals surface area contributed by atoms with Crippen molar-refractivity contribution in [1.29, 1.82) is 0 Å². The van der Waals surface area contributed by atoms with Crippen molar-refractivity contribution < 1.29 is 4.39 Å². The lowest BCUT2D eigenvalue weighted by atomic mass is 10.9. The van der Waals surface area contributed by atoms with Gasteiger partial charge in [-0.15, -0.1) is 0 Å². The third kappa shape index (κ3) is 598. The molecule has 5 heteroatoms. The van der Waals surface area contributed by atoms with E-state index in [0.717, 1.165) is 6.92 Å². The van der Waals surface area contributed by atoms with E-state index < -0.39 is 4.59 Å². The van der Waals surface area contributed by atoms with E-state index >= 15 is 0 Å². The molecule has 0 N–H and O–H groups in total. The van der Waals surface area contributed by atoms with Crippen LogP contribution in [0.4, 0.5) is 4.39 Å². The Morgan fingerprint density at radius 3 is 1.44 bits per heavy atom. The Morgan fingerprint density at radius 1 is 1.44 bits per heavy atom. The van der Waals surface area contributed by atoms with E-state index in [1.165, 1.54) is 0 Å². The Morgan fingerprint density at radius 2 is 1.44 bits per heavy atom. The van der Waals surface area contributed by atoms with E-state index in [1.54, 1.807) is 0 Å². The quantitative estimate of drug-likeness (QED) is 0.533. The Bertz CT molecular complexity index is 75.1. The SMILES string of the molecule is C=C(Cl)Cl.CC(F)(Cl)Cl. The molecule has 0 aliphatic rings. The monoisotopic (exact) mass is 212 g/mol. The number of hydrogen-bond acceptors (Lipinski definition) is 0. The molecule has 0 bridgehead atoms. The average molecular weight is 214 g/mol. The van der Waals surface area contributed by atoms with E-state index in [1.807, 2.05) is 0 Å². The predicted octanol–water partition coefficient (Wildman–Crippen LogP) is 4.04. The number of alkyl halides is 3. The van der Waals surface area contributed by atoms with Gasteiger partial charge in [0, 0.05) is 0 Å². The lowest BCUT2D eigenvalue weighted by Gasteiger charge is -1.92. The largest absolute Gasteiger partial charge is 0.254 e. The molecule has 0 radical (unpaired) electrons. The maximum absolute atomic E-state index is 11.2. The summed E-state index contributed by atoms with van der Waals surface area (Å²) in [5.74, 6) is 0. The van der Waals surface area contributed by atoms with Crippen molar-refractivity contribution >= 4 is 46.4 Å². The fourth-order valence-electron chi connectivity index (χ4n) is 0. The topological polar surface area (TPSA) is 0 Å². The molecule has 0 amide bonds. The molecule has 56 valence electrons. The number of halogens is 5. The normalized spacial score (nSPS) is 9.56. The van der Waals surface area contributed by atoms with Crippen LogP contribution in [-0.4, -0.2) is 4.59 Å². The van der Waals surface area contributed by atoms with Crippen molar-refractivity contribution in [3.63, 3.8) is 0 Å². The molecular formula is C4H5Cl4F. The van der Waals surface area contributed by atoms with E-state index in [-0.39, 0.29) is 4.49 Å². The lowest BCUT2D eigenvalue weighted by molar-refractivity contribution is 0.424. The van der Waals surface area contributed by atoms with Crippen molar-refractivity contribution in [2.24, 2.45) is 0 Å². The molecule has 0 atom stereocenters. The molecule has 0 spiro atoms. The summed E-state index contributed by atoms with van der Waals surface area (Å²) in [7, 11) is 0. The van der Waals surface area contributed by atoms with E-state index in [0.29, 0.717) is 0 Å². The van der Waals surface area contributed by atoms with Crippen molar-refractivity contribution in [2.75, 3.05) is 0 Å². The van der Waals surface area contributed by atoms with Gasteiger partial charge in [-0.2, -0.15) is 0 Å². The minimum atomic E-state index is -2.06. The molecule has 0 aromatic heterocycles. The molecule has 0 saturated heterocycles. The van der Waals surface area contributed by atoms with Gasteiger partial charge in [-0.3, -0.25) is 0 Å². The van der Waals surface area contributed by atoms with Crippen LogP contribution >= 0.6 is 46.4 Å². The highest BCUT2D eigenvalue weighted by Crippen LogP contribution is 2.19. The predicted molar refractivity (Wildman–Crippen MR) is 42.1 cm³/mol. The first kappa shape index (κ1) is 12.5. The van der Waals surface area contributed by atoms with Gasteiger partial charge in [0.05, 0.1) is 4.49 Å². The van der Waals surface area contributed by atoms with Crippen LogP contribution in [0.2, 0.25) is 0 Å². The minimum absolute atomic E-state index is 0.111. The second-order valence-electron chi connectivity index (χ2n) is 1.12. The Hall–Kier alpha value is 0.830. The lowest BCUT2D eigenvalue weighted by Crippen LogP contribution is -1.90. The van der Waals surface area contributed by atoms with E-state index in [2.05, 4.69) is 29.8 Å². The van der Waals surface area contributed by atoms with Crippen molar-refractivity contribution in [1.82, 2.24) is 0 Å². The van der Waals surface area contributed by atoms with Crippen molar-refractivity contribution in [2.45, 2.75) is 11.5 Å². The van der Waals surface area contributed by atoms with Crippen LogP contribution < -0.4 is 0 Å². The molecule has 9 heavy (non-hydrogen) atoms. The van der Waals surface area contributed by atoms with Crippen LogP contribution in [-0.2, 0) is 0 Å². The summed E-state index contributed by atoms with van der Waals surface area (Å²) < 4.78 is 9.27. The fraction of sp³-hybridized carbons (Fsp3) is 0.500. The van der Waals surface area contributed by atoms with Gasteiger partial charge in [-0.05, 0) is 6.92 Å². The van der Waals surface area contributed by atoms with Gasteiger partial charge in [-0.1, -0.05) is 53.0 Å². The third-order valence-corrected chi connectivity index (χ3v) is 0. The molecule has 0 nitrogen and oxygen atoms in total. The van der Waals surface area contributed by atoms with E-state index in [9.17, 15) is 4.39 Å². The van der Waals surface area contributed by atoms with Gasteiger partial charge in [0.25, 0.3) is 4.59 Å². The summed E-state index contributed by atoms with van der Waals surface area (Å²) >= 11 is 18.9. The van der Waals surface area contributed by atoms with Crippen molar-refractivity contribution in [3.05, 3.63) is 11.1 Å². The van der Waals surface area contributed by atoms with Gasteiger partial charge < -0.3 is 0 Å². The first-order valence-corrected chi connectivity index (χ1v) is 3.31. The van der Waals surface area contributed by atoms with Crippen molar-refractivity contribution in [3.8, 4) is 0 Å². The van der Waals surface area contributed by atoms with Gasteiger partial charge >= 0.3 is 0 Å². The molecule has 0 aliphatic heterocycles. The highest BCUT2D eigenvalue weighted by molar-refractivity contribution is 6.55. The molecule has 0 aromatic carbocycles. The number of rotatable bonds is 0. The molecule has 0 heterocycles. The summed E-state index contributed by atoms with van der Waals surface area (Å²) in [4.78, 5) is 0. The zero-order valence-electron chi connectivity index (χ0n) is 4.60. The maximum Gasteiger partial charge on any atom is 0.254 e. The van der Waals surface area contributed by atoms with Crippen LogP contribution in [0, 0.1) is 0 Å². The van der Waals surface area contributed by atoms with Crippen LogP contribution in [0.15, 0.2) is 11.1 Å². The third-order valence-electron chi connectivity index (χ3n) is 0. The molecule has 0 unspecified atom stereocenters. The van der Waals surface area contributed by atoms with Gasteiger partial charge in [0.2, 0.25) is 0 Å². The van der Waals surface area contributed by atoms with E-state index in [4.69, 9.17) is 23.2 Å². The van der Waals surface area contributed by atoms with Gasteiger partial charge in [0.1, 0.15) is 0 Å². The summed E-state index contributed by atoms with van der Waals surface area (Å²) in [6.07, 6.45) is 0. The van der Waals surface area contributed by atoms with Gasteiger partial charge in [0.15, 0.2) is 0 Å². The highest BCUT2D eigenvalue weighted by atomic mass is 35.5. The zero-order valence-corrected chi connectivity index (χ0v) is 7.62. The molecule has 0 aliphatic carbocycles. The first-order valence-electron chi connectivity index (χ1n) is 1.80. The Kier molecular flexibility index (Phi) is 7.78. The summed E-state index contributed by atoms with van der Waals surface area (Å²) in [5.41, 5.74) is 0. The number of hydrogen-bond donors (Lipinski definition) is 0. The molecule has 0 rings (SSSR count). The highest BCUT2D eigenvalue weighted by Gasteiger charge is 2.09. The van der Waals surface area contributed by atoms with Gasteiger partial charge in [-0.25, -0.2) is 4.39 Å². The van der Waals surface area contributed by atoms with Crippen LogP contribution in [0.1, 0.15) is 6.92 Å². The maximum atomic E-state index is 11.2. The molecular weight excluding hydrogens is 209 g/mol. The summed E-state index contributed by atoms with van der Waals surface area (Å²) in [5, 5.41) is 0. The average Bonchev–Trinajstić information content (AvgIpc) is 1.19. The zero-order chi connectivity index (χ0) is 8.08. The fourth-order valence-corrected chi connectivity index (χ4v) is 0. The second-order valence-corrected chi connectivity index (χ2v) is 3.84. The standard InChI is InChI=1S/C2H3Cl2F.C2H2Cl2/c1-2(3,4)5;1-2(3)4/h1H3;1H2. The van der Waals surface area contributed by atoms with Crippen LogP contribution in [0.5, 0.6) is 0 Å². The Labute approximate surface area is 73.5 Å². The second kappa shape index (κ2) is 5.60. The molecule has 0 aromatic rings. The molecule has 0 saturated carbocycles. The van der Waals surface area contributed by atoms with Crippen LogP contribution in [0.25, 0.3) is 0 Å². The first-order chi connectivity index (χ1) is 3.73. The van der Waals surface area contributed by atoms with Crippen LogP contribution in [0.3, 0.4) is 0 Å².